The van der Waals surface area contributed by atoms with Crippen LogP contribution in [0.3, 0.4) is 0 Å². The van der Waals surface area contributed by atoms with Crippen LogP contribution in [0.25, 0.3) is 10.9 Å². The second-order valence-corrected chi connectivity index (χ2v) is 8.23. The first-order valence-corrected chi connectivity index (χ1v) is 11.4. The molecule has 8 N–H and O–H groups in total. The Morgan fingerprint density at radius 1 is 1.03 bits per heavy atom. The molecule has 1 aromatic carbocycles. The molecular formula is C22H27N7O5S. The van der Waals surface area contributed by atoms with E-state index in [1.165, 1.54) is 6.33 Å². The molecular weight excluding hydrogens is 474 g/mol. The van der Waals surface area contributed by atoms with Crippen LogP contribution in [0.2, 0.25) is 0 Å². The van der Waals surface area contributed by atoms with Crippen LogP contribution >= 0.6 is 12.6 Å². The van der Waals surface area contributed by atoms with Crippen molar-refractivity contribution in [2.24, 2.45) is 5.73 Å². The van der Waals surface area contributed by atoms with Gasteiger partial charge in [-0.1, -0.05) is 18.2 Å². The number of fused-ring (bicyclic) bond motifs is 1. The third-order valence-corrected chi connectivity index (χ3v) is 5.66. The first-order chi connectivity index (χ1) is 16.8. The minimum absolute atomic E-state index is 0.0507. The van der Waals surface area contributed by atoms with Crippen LogP contribution in [0.15, 0.2) is 43.0 Å². The number of aliphatic carboxylic acids is 1. The normalized spacial score (nSPS) is 13.5. The number of para-hydroxylation sites is 1. The summed E-state index contributed by atoms with van der Waals surface area (Å²) >= 11 is 4.15. The highest BCUT2D eigenvalue weighted by Crippen LogP contribution is 2.19. The Kier molecular flexibility index (Phi) is 8.86. The van der Waals surface area contributed by atoms with Crippen molar-refractivity contribution >= 4 is 47.2 Å². The van der Waals surface area contributed by atoms with Gasteiger partial charge in [0.05, 0.1) is 12.4 Å². The van der Waals surface area contributed by atoms with Gasteiger partial charge < -0.3 is 36.8 Å². The lowest BCUT2D eigenvalue weighted by Crippen LogP contribution is -2.57. The molecule has 3 rings (SSSR count). The van der Waals surface area contributed by atoms with Crippen LogP contribution < -0.4 is 21.7 Å². The maximum Gasteiger partial charge on any atom is 0.322 e. The van der Waals surface area contributed by atoms with Crippen LogP contribution in [0.4, 0.5) is 0 Å². The predicted octanol–water partition coefficient (Wildman–Crippen LogP) is -0.896. The summed E-state index contributed by atoms with van der Waals surface area (Å²) < 4.78 is 0. The Bertz CT molecular complexity index is 1180. The van der Waals surface area contributed by atoms with Gasteiger partial charge in [0, 0.05) is 47.6 Å². The zero-order chi connectivity index (χ0) is 25.4. The van der Waals surface area contributed by atoms with E-state index in [-0.39, 0.29) is 18.6 Å². The summed E-state index contributed by atoms with van der Waals surface area (Å²) in [4.78, 5) is 58.9. The monoisotopic (exact) mass is 501 g/mol. The van der Waals surface area contributed by atoms with Crippen molar-refractivity contribution in [2.45, 2.75) is 31.0 Å². The van der Waals surface area contributed by atoms with E-state index in [1.807, 2.05) is 24.3 Å². The van der Waals surface area contributed by atoms with Crippen molar-refractivity contribution in [3.63, 3.8) is 0 Å². The molecule has 3 atom stereocenters. The summed E-state index contributed by atoms with van der Waals surface area (Å²) in [5.41, 5.74) is 8.20. The van der Waals surface area contributed by atoms with E-state index < -0.39 is 48.4 Å². The second kappa shape index (κ2) is 12.0. The first-order valence-electron chi connectivity index (χ1n) is 10.8. The molecule has 3 amide bonds. The molecule has 13 heteroatoms. The number of hydrogen-bond donors (Lipinski definition) is 8. The van der Waals surface area contributed by atoms with Crippen molar-refractivity contribution in [2.75, 3.05) is 12.3 Å². The number of carboxylic acid groups (broad SMARTS) is 1. The van der Waals surface area contributed by atoms with Crippen LogP contribution in [0.5, 0.6) is 0 Å². The van der Waals surface area contributed by atoms with Gasteiger partial charge in [-0.05, 0) is 11.6 Å². The third-order valence-electron chi connectivity index (χ3n) is 5.29. The van der Waals surface area contributed by atoms with Gasteiger partial charge in [-0.25, -0.2) is 4.98 Å². The number of nitrogens with two attached hydrogens (primary N) is 1. The number of rotatable bonds is 12. The van der Waals surface area contributed by atoms with E-state index in [0.717, 1.165) is 16.5 Å². The highest BCUT2D eigenvalue weighted by Gasteiger charge is 2.28. The number of benzene rings is 1. The minimum atomic E-state index is -1.22. The number of aromatic nitrogens is 3. The maximum absolute atomic E-state index is 13.0. The number of carboxylic acids is 1. The lowest BCUT2D eigenvalue weighted by Gasteiger charge is -2.23. The Hall–Kier alpha value is -3.84. The molecule has 3 aromatic rings. The fourth-order valence-electron chi connectivity index (χ4n) is 3.49. The summed E-state index contributed by atoms with van der Waals surface area (Å²) in [6, 6.07) is 4.33. The highest BCUT2D eigenvalue weighted by molar-refractivity contribution is 7.80. The van der Waals surface area contributed by atoms with Crippen molar-refractivity contribution in [3.05, 3.63) is 54.2 Å². The van der Waals surface area contributed by atoms with Gasteiger partial charge in [0.15, 0.2) is 0 Å². The Morgan fingerprint density at radius 2 is 1.77 bits per heavy atom. The molecule has 0 radical (unpaired) electrons. The molecule has 0 aliphatic carbocycles. The Morgan fingerprint density at radius 3 is 2.46 bits per heavy atom. The van der Waals surface area contributed by atoms with E-state index >= 15 is 0 Å². The topological polar surface area (TPSA) is 195 Å². The number of carbonyl (C=O) groups excluding carboxylic acids is 3. The highest BCUT2D eigenvalue weighted by atomic mass is 32.1. The first kappa shape index (κ1) is 25.8. The summed E-state index contributed by atoms with van der Waals surface area (Å²) in [5, 5.41) is 17.2. The van der Waals surface area contributed by atoms with E-state index in [0.29, 0.717) is 5.69 Å². The van der Waals surface area contributed by atoms with Crippen molar-refractivity contribution in [1.82, 2.24) is 30.9 Å². The number of carbonyl (C=O) groups is 4. The number of nitrogens with one attached hydrogen (secondary N) is 5. The zero-order valence-corrected chi connectivity index (χ0v) is 19.5. The fraction of sp³-hybridized carbons (Fsp3) is 0.318. The number of amides is 3. The summed E-state index contributed by atoms with van der Waals surface area (Å²) in [6.07, 6.45) is 5.01. The smallest absolute Gasteiger partial charge is 0.322 e. The molecule has 0 bridgehead atoms. The largest absolute Gasteiger partial charge is 0.480 e. The summed E-state index contributed by atoms with van der Waals surface area (Å²) in [5.74, 6) is -3.17. The summed E-state index contributed by atoms with van der Waals surface area (Å²) in [6.45, 7) is -0.603. The molecule has 0 spiro atoms. The molecule has 186 valence electrons. The quantitative estimate of drug-likeness (QED) is 0.147. The third kappa shape index (κ3) is 7.07. The molecule has 0 fully saturated rings. The Balaban J connectivity index is 1.70. The van der Waals surface area contributed by atoms with Crippen LogP contribution in [-0.2, 0) is 32.0 Å². The van der Waals surface area contributed by atoms with Gasteiger partial charge in [-0.2, -0.15) is 12.6 Å². The van der Waals surface area contributed by atoms with Crippen molar-refractivity contribution in [3.8, 4) is 0 Å². The van der Waals surface area contributed by atoms with E-state index in [2.05, 4.69) is 43.5 Å². The molecule has 35 heavy (non-hydrogen) atoms. The van der Waals surface area contributed by atoms with Crippen molar-refractivity contribution in [1.29, 1.82) is 0 Å². The van der Waals surface area contributed by atoms with Crippen molar-refractivity contribution < 1.29 is 24.3 Å². The van der Waals surface area contributed by atoms with Crippen LogP contribution in [0, 0.1) is 0 Å². The van der Waals surface area contributed by atoms with Gasteiger partial charge in [0.2, 0.25) is 17.7 Å². The molecule has 0 aliphatic heterocycles. The van der Waals surface area contributed by atoms with E-state index in [4.69, 9.17) is 10.8 Å². The van der Waals surface area contributed by atoms with Crippen LogP contribution in [-0.4, -0.2) is 74.2 Å². The lowest BCUT2D eigenvalue weighted by atomic mass is 10.0. The lowest BCUT2D eigenvalue weighted by molar-refractivity contribution is -0.138. The number of nitrogens with zero attached hydrogens (tertiary/aromatic N) is 1. The van der Waals surface area contributed by atoms with Gasteiger partial charge in [-0.3, -0.25) is 19.2 Å². The minimum Gasteiger partial charge on any atom is -0.480 e. The molecule has 2 heterocycles. The SMILES string of the molecule is NC(Cc1cnc[nH]1)C(=O)NC(CS)C(=O)NC(Cc1c[nH]c2ccccc12)C(=O)NCC(=O)O. The predicted molar refractivity (Wildman–Crippen MR) is 131 cm³/mol. The molecule has 2 aromatic heterocycles. The standard InChI is InChI=1S/C22H27N7O5S/c23-15(6-13-8-24-11-27-13)20(32)29-18(10-35)22(34)28-17(21(33)26-9-19(30)31)5-12-7-25-16-4-2-1-3-14(12)16/h1-4,7-8,11,15,17-18,25,35H,5-6,9-10,23H2,(H,24,27)(H,26,33)(H,28,34)(H,29,32)(H,30,31). The molecule has 0 aliphatic rings. The number of H-pyrrole nitrogens is 2. The number of aromatic amines is 2. The molecule has 3 unspecified atom stereocenters. The Labute approximate surface area is 205 Å². The average Bonchev–Trinajstić information content (AvgIpc) is 3.50. The molecule has 0 saturated heterocycles. The summed E-state index contributed by atoms with van der Waals surface area (Å²) in [7, 11) is 0. The average molecular weight is 502 g/mol. The number of hydrogen-bond acceptors (Lipinski definition) is 7. The fourth-order valence-corrected chi connectivity index (χ4v) is 3.74. The molecule has 12 nitrogen and oxygen atoms in total. The van der Waals surface area contributed by atoms with Gasteiger partial charge >= 0.3 is 5.97 Å². The van der Waals surface area contributed by atoms with Crippen LogP contribution in [0.1, 0.15) is 11.3 Å². The number of thiol groups is 1. The zero-order valence-electron chi connectivity index (χ0n) is 18.7. The van der Waals surface area contributed by atoms with Gasteiger partial charge in [0.25, 0.3) is 0 Å². The maximum atomic E-state index is 13.0. The van der Waals surface area contributed by atoms with Gasteiger partial charge in [-0.15, -0.1) is 0 Å². The second-order valence-electron chi connectivity index (χ2n) is 7.87. The van der Waals surface area contributed by atoms with E-state index in [9.17, 15) is 19.2 Å². The molecule has 0 saturated carbocycles. The van der Waals surface area contributed by atoms with E-state index in [1.54, 1.807) is 12.4 Å². The number of imidazole rings is 1. The van der Waals surface area contributed by atoms with Gasteiger partial charge in [0.1, 0.15) is 18.6 Å².